The van der Waals surface area contributed by atoms with Crippen LogP contribution < -0.4 is 5.32 Å². The summed E-state index contributed by atoms with van der Waals surface area (Å²) in [6.07, 6.45) is 1.64. The SMILES string of the molecule is CCOC(=O)[C@@H]1CCCN([C@@H](C)C(=O)Nc2ccc(C#N)c(Cl)c2)C1. The molecule has 7 heteroatoms. The van der Waals surface area contributed by atoms with Gasteiger partial charge < -0.3 is 10.1 Å². The summed E-state index contributed by atoms with van der Waals surface area (Å²) in [6, 6.07) is 6.37. The molecular formula is C18H22ClN3O3. The number of nitriles is 1. The van der Waals surface area contributed by atoms with Crippen LogP contribution in [0.25, 0.3) is 0 Å². The average Bonchev–Trinajstić information content (AvgIpc) is 2.61. The number of piperidine rings is 1. The number of nitrogens with zero attached hydrogens (tertiary/aromatic N) is 2. The van der Waals surface area contributed by atoms with Crippen molar-refractivity contribution >= 4 is 29.2 Å². The number of halogens is 1. The molecule has 0 bridgehead atoms. The maximum absolute atomic E-state index is 12.5. The van der Waals surface area contributed by atoms with Crippen LogP contribution in [0, 0.1) is 17.2 Å². The Kier molecular flexibility index (Phi) is 6.80. The molecule has 0 unspecified atom stereocenters. The second kappa shape index (κ2) is 8.84. The third kappa shape index (κ3) is 4.94. The molecule has 2 atom stereocenters. The number of esters is 1. The van der Waals surface area contributed by atoms with E-state index in [0.29, 0.717) is 29.4 Å². The summed E-state index contributed by atoms with van der Waals surface area (Å²) in [5.74, 6) is -0.558. The van der Waals surface area contributed by atoms with Gasteiger partial charge in [-0.2, -0.15) is 5.26 Å². The second-order valence-corrected chi connectivity index (χ2v) is 6.46. The third-order valence-electron chi connectivity index (χ3n) is 4.36. The van der Waals surface area contributed by atoms with Gasteiger partial charge in [-0.15, -0.1) is 0 Å². The molecule has 1 aliphatic rings. The minimum absolute atomic E-state index is 0.176. The lowest BCUT2D eigenvalue weighted by molar-refractivity contribution is -0.150. The van der Waals surface area contributed by atoms with Crippen LogP contribution in [0.15, 0.2) is 18.2 Å². The van der Waals surface area contributed by atoms with E-state index >= 15 is 0 Å². The van der Waals surface area contributed by atoms with E-state index in [1.54, 1.807) is 25.1 Å². The third-order valence-corrected chi connectivity index (χ3v) is 4.67. The van der Waals surface area contributed by atoms with Crippen molar-refractivity contribution < 1.29 is 14.3 Å². The molecule has 134 valence electrons. The van der Waals surface area contributed by atoms with Crippen molar-refractivity contribution in [1.82, 2.24) is 4.90 Å². The highest BCUT2D eigenvalue weighted by Crippen LogP contribution is 2.22. The van der Waals surface area contributed by atoms with Crippen LogP contribution in [-0.2, 0) is 14.3 Å². The van der Waals surface area contributed by atoms with E-state index < -0.39 is 0 Å². The summed E-state index contributed by atoms with van der Waals surface area (Å²) in [5, 5.41) is 12.0. The first-order valence-corrected chi connectivity index (χ1v) is 8.75. The molecule has 1 saturated heterocycles. The van der Waals surface area contributed by atoms with E-state index in [0.717, 1.165) is 19.4 Å². The van der Waals surface area contributed by atoms with E-state index in [4.69, 9.17) is 21.6 Å². The Hall–Kier alpha value is -2.10. The second-order valence-electron chi connectivity index (χ2n) is 6.06. The number of hydrogen-bond donors (Lipinski definition) is 1. The van der Waals surface area contributed by atoms with Gasteiger partial charge in [-0.3, -0.25) is 14.5 Å². The van der Waals surface area contributed by atoms with Crippen LogP contribution in [0.3, 0.4) is 0 Å². The minimum atomic E-state index is -0.383. The molecule has 2 rings (SSSR count). The zero-order chi connectivity index (χ0) is 18.4. The summed E-state index contributed by atoms with van der Waals surface area (Å²) in [5.41, 5.74) is 0.904. The van der Waals surface area contributed by atoms with Gasteiger partial charge in [0.1, 0.15) is 6.07 Å². The van der Waals surface area contributed by atoms with E-state index in [-0.39, 0.29) is 23.8 Å². The molecule has 0 radical (unpaired) electrons. The number of anilines is 1. The Morgan fingerprint density at radius 1 is 1.52 bits per heavy atom. The maximum atomic E-state index is 12.5. The Labute approximate surface area is 152 Å². The monoisotopic (exact) mass is 363 g/mol. The molecule has 0 aromatic heterocycles. The summed E-state index contributed by atoms with van der Waals surface area (Å²) in [7, 11) is 0. The minimum Gasteiger partial charge on any atom is -0.466 e. The number of rotatable bonds is 5. The Bertz CT molecular complexity index is 687. The summed E-state index contributed by atoms with van der Waals surface area (Å²) in [4.78, 5) is 26.4. The molecule has 1 heterocycles. The lowest BCUT2D eigenvalue weighted by Crippen LogP contribution is -2.48. The Balaban J connectivity index is 1.98. The average molecular weight is 364 g/mol. The van der Waals surface area contributed by atoms with Gasteiger partial charge in [0, 0.05) is 12.2 Å². The number of carbonyl (C=O) groups excluding carboxylic acids is 2. The van der Waals surface area contributed by atoms with Gasteiger partial charge in [-0.05, 0) is 51.4 Å². The highest BCUT2D eigenvalue weighted by molar-refractivity contribution is 6.32. The molecule has 1 aromatic carbocycles. The summed E-state index contributed by atoms with van der Waals surface area (Å²) < 4.78 is 5.09. The van der Waals surface area contributed by atoms with E-state index in [1.807, 2.05) is 17.9 Å². The van der Waals surface area contributed by atoms with Gasteiger partial charge in [0.2, 0.25) is 5.91 Å². The fourth-order valence-electron chi connectivity index (χ4n) is 2.91. The topological polar surface area (TPSA) is 82.4 Å². The van der Waals surface area contributed by atoms with Crippen molar-refractivity contribution in [3.8, 4) is 6.07 Å². The summed E-state index contributed by atoms with van der Waals surface area (Å²) >= 11 is 5.99. The van der Waals surface area contributed by atoms with Gasteiger partial charge in [-0.25, -0.2) is 0 Å². The Morgan fingerprint density at radius 3 is 2.92 bits per heavy atom. The molecular weight excluding hydrogens is 342 g/mol. The largest absolute Gasteiger partial charge is 0.466 e. The first kappa shape index (κ1) is 19.2. The van der Waals surface area contributed by atoms with Gasteiger partial charge in [0.25, 0.3) is 0 Å². The molecule has 1 amide bonds. The zero-order valence-electron chi connectivity index (χ0n) is 14.4. The molecule has 0 aliphatic carbocycles. The standard InChI is InChI=1S/C18H22ClN3O3/c1-3-25-18(24)14-5-4-8-22(11-14)12(2)17(23)21-15-7-6-13(10-20)16(19)9-15/h6-7,9,12,14H,3-5,8,11H2,1-2H3,(H,21,23)/t12-,14+/m0/s1. The van der Waals surface area contributed by atoms with Crippen LogP contribution >= 0.6 is 11.6 Å². The molecule has 25 heavy (non-hydrogen) atoms. The van der Waals surface area contributed by atoms with Crippen LogP contribution in [0.4, 0.5) is 5.69 Å². The fourth-order valence-corrected chi connectivity index (χ4v) is 3.13. The first-order chi connectivity index (χ1) is 12.0. The van der Waals surface area contributed by atoms with Crippen molar-refractivity contribution in [1.29, 1.82) is 5.26 Å². The predicted molar refractivity (Wildman–Crippen MR) is 95.2 cm³/mol. The molecule has 1 N–H and O–H groups in total. The van der Waals surface area contributed by atoms with Crippen molar-refractivity contribution in [2.45, 2.75) is 32.7 Å². The van der Waals surface area contributed by atoms with Crippen LogP contribution in [0.5, 0.6) is 0 Å². The number of benzene rings is 1. The molecule has 1 aliphatic heterocycles. The molecule has 0 spiro atoms. The number of ether oxygens (including phenoxy) is 1. The van der Waals surface area contributed by atoms with Gasteiger partial charge >= 0.3 is 5.97 Å². The van der Waals surface area contributed by atoms with E-state index in [9.17, 15) is 9.59 Å². The van der Waals surface area contributed by atoms with Gasteiger partial charge in [-0.1, -0.05) is 11.6 Å². The number of hydrogen-bond acceptors (Lipinski definition) is 5. The molecule has 1 aromatic rings. The fraction of sp³-hybridized carbons (Fsp3) is 0.500. The summed E-state index contributed by atoms with van der Waals surface area (Å²) in [6.45, 7) is 5.25. The van der Waals surface area contributed by atoms with Crippen molar-refractivity contribution in [3.05, 3.63) is 28.8 Å². The van der Waals surface area contributed by atoms with Crippen molar-refractivity contribution in [3.63, 3.8) is 0 Å². The van der Waals surface area contributed by atoms with Crippen molar-refractivity contribution in [2.75, 3.05) is 25.0 Å². The quantitative estimate of drug-likeness (QED) is 0.813. The van der Waals surface area contributed by atoms with Gasteiger partial charge in [0.05, 0.1) is 29.2 Å². The predicted octanol–water partition coefficient (Wildman–Crippen LogP) is 2.81. The van der Waals surface area contributed by atoms with Crippen LogP contribution in [-0.4, -0.2) is 42.5 Å². The lowest BCUT2D eigenvalue weighted by Gasteiger charge is -2.35. The van der Waals surface area contributed by atoms with Crippen LogP contribution in [0.2, 0.25) is 5.02 Å². The highest BCUT2D eigenvalue weighted by Gasteiger charge is 2.31. The zero-order valence-corrected chi connectivity index (χ0v) is 15.2. The highest BCUT2D eigenvalue weighted by atomic mass is 35.5. The normalized spacial score (nSPS) is 18.9. The van der Waals surface area contributed by atoms with Crippen LogP contribution in [0.1, 0.15) is 32.3 Å². The maximum Gasteiger partial charge on any atom is 0.310 e. The van der Waals surface area contributed by atoms with E-state index in [2.05, 4.69) is 5.32 Å². The number of likely N-dealkylation sites (tertiary alicyclic amines) is 1. The molecule has 1 fully saturated rings. The van der Waals surface area contributed by atoms with Crippen molar-refractivity contribution in [2.24, 2.45) is 5.92 Å². The first-order valence-electron chi connectivity index (χ1n) is 8.37. The number of carbonyl (C=O) groups is 2. The smallest absolute Gasteiger partial charge is 0.310 e. The Morgan fingerprint density at radius 2 is 2.28 bits per heavy atom. The lowest BCUT2D eigenvalue weighted by atomic mass is 9.97. The number of nitrogens with one attached hydrogen (secondary N) is 1. The molecule has 0 saturated carbocycles. The number of amides is 1. The van der Waals surface area contributed by atoms with Gasteiger partial charge in [0.15, 0.2) is 0 Å². The molecule has 6 nitrogen and oxygen atoms in total. The van der Waals surface area contributed by atoms with E-state index in [1.165, 1.54) is 0 Å².